The van der Waals surface area contributed by atoms with Crippen molar-refractivity contribution in [1.82, 2.24) is 14.6 Å². The van der Waals surface area contributed by atoms with Crippen molar-refractivity contribution in [2.24, 2.45) is 0 Å². The quantitative estimate of drug-likeness (QED) is 0.286. The van der Waals surface area contributed by atoms with Gasteiger partial charge < -0.3 is 29.4 Å². The van der Waals surface area contributed by atoms with E-state index in [1.54, 1.807) is 13.0 Å². The van der Waals surface area contributed by atoms with E-state index in [0.29, 0.717) is 11.2 Å². The SMILES string of the molecule is CC[C@]1(COP(=O)(O)OP(=O)(O)OP(=O)(O)O)O[C@@H](c2ccc3c(C)ncnn23)[C@H](F)[C@@H]1O. The van der Waals surface area contributed by atoms with Gasteiger partial charge in [0, 0.05) is 0 Å². The Morgan fingerprint density at radius 3 is 2.45 bits per heavy atom. The molecule has 1 aliphatic rings. The van der Waals surface area contributed by atoms with Gasteiger partial charge >= 0.3 is 23.5 Å². The van der Waals surface area contributed by atoms with Crippen LogP contribution in [0.3, 0.4) is 0 Å². The third-order valence-corrected chi connectivity index (χ3v) is 8.73. The molecule has 2 aromatic heterocycles. The number of aliphatic hydroxyl groups is 1. The van der Waals surface area contributed by atoms with Gasteiger partial charge in [0.05, 0.1) is 23.5 Å². The van der Waals surface area contributed by atoms with Crippen LogP contribution in [0.15, 0.2) is 18.5 Å². The highest BCUT2D eigenvalue weighted by molar-refractivity contribution is 7.66. The number of alkyl halides is 1. The maximum absolute atomic E-state index is 15.1. The Labute approximate surface area is 185 Å². The minimum atomic E-state index is -5.73. The Morgan fingerprint density at radius 1 is 1.18 bits per heavy atom. The Kier molecular flexibility index (Phi) is 7.35. The van der Waals surface area contributed by atoms with Gasteiger partial charge in [-0.2, -0.15) is 13.7 Å². The molecular weight excluding hydrogens is 514 g/mol. The van der Waals surface area contributed by atoms with E-state index >= 15 is 4.39 Å². The van der Waals surface area contributed by atoms with Gasteiger partial charge in [-0.25, -0.2) is 27.6 Å². The molecule has 2 unspecified atom stereocenters. The first-order chi connectivity index (χ1) is 15.1. The number of fused-ring (bicyclic) bond motifs is 1. The lowest BCUT2D eigenvalue weighted by atomic mass is 9.93. The minimum absolute atomic E-state index is 0.141. The third kappa shape index (κ3) is 5.76. The van der Waals surface area contributed by atoms with Gasteiger partial charge in [-0.05, 0) is 25.5 Å². The summed E-state index contributed by atoms with van der Waals surface area (Å²) in [6, 6.07) is 3.13. The van der Waals surface area contributed by atoms with E-state index in [4.69, 9.17) is 14.5 Å². The van der Waals surface area contributed by atoms with Crippen LogP contribution in [0.1, 0.15) is 30.8 Å². The average Bonchev–Trinajstić information content (AvgIpc) is 3.19. The molecule has 0 radical (unpaired) electrons. The summed E-state index contributed by atoms with van der Waals surface area (Å²) in [4.78, 5) is 40.1. The summed E-state index contributed by atoms with van der Waals surface area (Å²) in [5.41, 5.74) is -0.530. The Bertz CT molecular complexity index is 1170. The molecule has 0 saturated carbocycles. The number of phosphoric acid groups is 3. The van der Waals surface area contributed by atoms with Crippen molar-refractivity contribution >= 4 is 29.0 Å². The Hall–Kier alpha value is -1.12. The van der Waals surface area contributed by atoms with Crippen LogP contribution in [0.2, 0.25) is 0 Å². The fraction of sp³-hybridized carbons (Fsp3) is 0.571. The first-order valence-electron chi connectivity index (χ1n) is 9.17. The molecule has 6 atom stereocenters. The van der Waals surface area contributed by atoms with Crippen LogP contribution in [0, 0.1) is 6.92 Å². The standard InChI is InChI=1S/C14H21FN3O12P3/c1-3-14(6-27-32(23,24)30-33(25,26)29-31(20,21)22)13(19)11(15)12(28-14)10-5-4-9-8(2)16-7-17-18(9)10/h4-5,7,11-13,19H,3,6H2,1-2H3,(H,23,24)(H,25,26)(H2,20,21,22)/t11-,12-,13-,14+/m0/s1. The first-order valence-corrected chi connectivity index (χ1v) is 13.7. The highest BCUT2D eigenvalue weighted by Gasteiger charge is 2.56. The average molecular weight is 535 g/mol. The Balaban J connectivity index is 1.80. The van der Waals surface area contributed by atoms with Crippen molar-refractivity contribution in [1.29, 1.82) is 0 Å². The van der Waals surface area contributed by atoms with Gasteiger partial charge in [0.15, 0.2) is 6.17 Å². The van der Waals surface area contributed by atoms with Crippen molar-refractivity contribution in [2.45, 2.75) is 44.2 Å². The number of aryl methyl sites for hydroxylation is 1. The van der Waals surface area contributed by atoms with E-state index in [9.17, 15) is 28.6 Å². The van der Waals surface area contributed by atoms with E-state index in [1.165, 1.54) is 23.8 Å². The second-order valence-electron chi connectivity index (χ2n) is 7.11. The molecule has 1 saturated heterocycles. The van der Waals surface area contributed by atoms with Crippen molar-refractivity contribution in [2.75, 3.05) is 6.61 Å². The zero-order valence-corrected chi connectivity index (χ0v) is 19.7. The zero-order valence-electron chi connectivity index (χ0n) is 17.0. The van der Waals surface area contributed by atoms with Gasteiger partial charge in [0.1, 0.15) is 24.1 Å². The van der Waals surface area contributed by atoms with Crippen molar-refractivity contribution in [3.05, 3.63) is 29.8 Å². The minimum Gasteiger partial charge on any atom is -0.387 e. The maximum atomic E-state index is 15.1. The van der Waals surface area contributed by atoms with E-state index in [2.05, 4.69) is 23.2 Å². The summed E-state index contributed by atoms with van der Waals surface area (Å²) in [5.74, 6) is 0. The molecular formula is C14H21FN3O12P3. The van der Waals surface area contributed by atoms with Crippen molar-refractivity contribution in [3.8, 4) is 0 Å². The number of phosphoric ester groups is 1. The molecule has 186 valence electrons. The molecule has 3 heterocycles. The number of aliphatic hydroxyl groups excluding tert-OH is 1. The molecule has 1 fully saturated rings. The van der Waals surface area contributed by atoms with Crippen LogP contribution < -0.4 is 0 Å². The smallest absolute Gasteiger partial charge is 0.387 e. The molecule has 33 heavy (non-hydrogen) atoms. The summed E-state index contributed by atoms with van der Waals surface area (Å²) in [5, 5.41) is 14.6. The molecule has 0 amide bonds. The van der Waals surface area contributed by atoms with Crippen molar-refractivity contribution in [3.63, 3.8) is 0 Å². The molecule has 2 aromatic rings. The molecule has 0 aromatic carbocycles. The predicted octanol–water partition coefficient (Wildman–Crippen LogP) is 1.30. The summed E-state index contributed by atoms with van der Waals surface area (Å²) in [6.07, 6.45) is -4.16. The van der Waals surface area contributed by atoms with Gasteiger partial charge in [-0.1, -0.05) is 6.92 Å². The number of nitrogens with zero attached hydrogens (tertiary/aromatic N) is 3. The number of hydrogen-bond donors (Lipinski definition) is 5. The first kappa shape index (κ1) is 26.5. The molecule has 1 aliphatic heterocycles. The Morgan fingerprint density at radius 2 is 1.85 bits per heavy atom. The number of aromatic nitrogens is 3. The molecule has 5 N–H and O–H groups in total. The predicted molar refractivity (Wildman–Crippen MR) is 105 cm³/mol. The topological polar surface area (TPSA) is 219 Å². The second-order valence-corrected chi connectivity index (χ2v) is 11.5. The molecule has 0 bridgehead atoms. The van der Waals surface area contributed by atoms with Crippen LogP contribution in [-0.2, 0) is 31.6 Å². The monoisotopic (exact) mass is 535 g/mol. The molecule has 3 rings (SSSR count). The van der Waals surface area contributed by atoms with E-state index in [1.807, 2.05) is 0 Å². The summed E-state index contributed by atoms with van der Waals surface area (Å²) in [7, 11) is -16.8. The lowest BCUT2D eigenvalue weighted by Crippen LogP contribution is -2.45. The van der Waals surface area contributed by atoms with Gasteiger partial charge in [0.2, 0.25) is 0 Å². The number of rotatable bonds is 9. The number of halogens is 1. The van der Waals surface area contributed by atoms with Crippen LogP contribution in [0.25, 0.3) is 5.52 Å². The maximum Gasteiger partial charge on any atom is 0.490 e. The van der Waals surface area contributed by atoms with Crippen LogP contribution in [-0.4, -0.2) is 63.8 Å². The summed E-state index contributed by atoms with van der Waals surface area (Å²) < 4.78 is 68.2. The zero-order chi connectivity index (χ0) is 24.8. The lowest BCUT2D eigenvalue weighted by Gasteiger charge is -2.31. The third-order valence-electron chi connectivity index (χ3n) is 4.94. The fourth-order valence-electron chi connectivity index (χ4n) is 3.37. The van der Waals surface area contributed by atoms with Crippen LogP contribution in [0.5, 0.6) is 0 Å². The van der Waals surface area contributed by atoms with E-state index in [0.717, 1.165) is 0 Å². The van der Waals surface area contributed by atoms with Gasteiger partial charge in [-0.15, -0.1) is 0 Å². The lowest BCUT2D eigenvalue weighted by molar-refractivity contribution is -0.113. The number of ether oxygens (including phenoxy) is 1. The van der Waals surface area contributed by atoms with Crippen LogP contribution >= 0.6 is 23.5 Å². The van der Waals surface area contributed by atoms with E-state index in [-0.39, 0.29) is 12.1 Å². The summed E-state index contributed by atoms with van der Waals surface area (Å²) in [6.45, 7) is 2.17. The highest BCUT2D eigenvalue weighted by Crippen LogP contribution is 2.66. The number of hydrogen-bond acceptors (Lipinski definition) is 10. The molecule has 15 nitrogen and oxygen atoms in total. The van der Waals surface area contributed by atoms with Gasteiger partial charge in [-0.3, -0.25) is 4.52 Å². The highest BCUT2D eigenvalue weighted by atomic mass is 31.3. The molecule has 0 spiro atoms. The van der Waals surface area contributed by atoms with Gasteiger partial charge in [0.25, 0.3) is 0 Å². The molecule has 19 heteroatoms. The molecule has 0 aliphatic carbocycles. The normalized spacial score (nSPS) is 29.8. The summed E-state index contributed by atoms with van der Waals surface area (Å²) >= 11 is 0. The van der Waals surface area contributed by atoms with Crippen LogP contribution in [0.4, 0.5) is 4.39 Å². The second kappa shape index (κ2) is 9.15. The van der Waals surface area contributed by atoms with Crippen molar-refractivity contribution < 1.29 is 60.6 Å². The fourth-order valence-corrected chi connectivity index (χ4v) is 6.44. The largest absolute Gasteiger partial charge is 0.490 e. The van der Waals surface area contributed by atoms with E-state index < -0.39 is 54.1 Å².